The van der Waals surface area contributed by atoms with Gasteiger partial charge in [0.05, 0.1) is 19.4 Å². The molecule has 1 aromatic rings. The van der Waals surface area contributed by atoms with E-state index in [1.165, 1.54) is 11.0 Å². The molecule has 5 heteroatoms. The zero-order valence-electron chi connectivity index (χ0n) is 14.1. The maximum Gasteiger partial charge on any atom is 0.417 e. The summed E-state index contributed by atoms with van der Waals surface area (Å²) < 4.78 is 9.92. The average molecular weight is 329 g/mol. The van der Waals surface area contributed by atoms with Crippen LogP contribution in [0.3, 0.4) is 0 Å². The van der Waals surface area contributed by atoms with Gasteiger partial charge < -0.3 is 9.47 Å². The molecule has 1 aromatic carbocycles. The normalized spacial score (nSPS) is 19.0. The van der Waals surface area contributed by atoms with E-state index < -0.39 is 6.09 Å². The van der Waals surface area contributed by atoms with Crippen molar-refractivity contribution in [2.24, 2.45) is 5.92 Å². The number of ether oxygens (including phenoxy) is 2. The van der Waals surface area contributed by atoms with Crippen molar-refractivity contribution < 1.29 is 19.1 Å². The molecule has 0 spiro atoms. The Balaban J connectivity index is 1.95. The molecule has 0 unspecified atom stereocenters. The molecule has 2 rings (SSSR count). The third-order valence-electron chi connectivity index (χ3n) is 3.82. The van der Waals surface area contributed by atoms with Gasteiger partial charge in [0.15, 0.2) is 0 Å². The van der Waals surface area contributed by atoms with Crippen LogP contribution in [0.25, 0.3) is 0 Å². The summed E-state index contributed by atoms with van der Waals surface area (Å²) >= 11 is 0. The Morgan fingerprint density at radius 3 is 2.88 bits per heavy atom. The fourth-order valence-corrected chi connectivity index (χ4v) is 2.52. The Morgan fingerprint density at radius 1 is 1.42 bits per heavy atom. The first-order valence-corrected chi connectivity index (χ1v) is 8.01. The van der Waals surface area contributed by atoms with E-state index in [4.69, 9.17) is 9.47 Å². The number of benzene rings is 1. The molecule has 0 bridgehead atoms. The summed E-state index contributed by atoms with van der Waals surface area (Å²) in [6, 6.07) is 9.51. The Hall–Kier alpha value is -2.56. The fraction of sp³-hybridized carbons (Fsp3) is 0.368. The summed E-state index contributed by atoms with van der Waals surface area (Å²) in [5, 5.41) is 0. The second kappa shape index (κ2) is 8.91. The van der Waals surface area contributed by atoms with Crippen LogP contribution in [0.1, 0.15) is 18.9 Å². The maximum atomic E-state index is 12.3. The summed E-state index contributed by atoms with van der Waals surface area (Å²) in [5.74, 6) is -0.0824. The lowest BCUT2D eigenvalue weighted by Gasteiger charge is -2.18. The van der Waals surface area contributed by atoms with E-state index in [2.05, 4.69) is 0 Å². The first kappa shape index (κ1) is 17.8. The lowest BCUT2D eigenvalue weighted by atomic mass is 10.1. The molecule has 0 radical (unpaired) electrons. The highest BCUT2D eigenvalue weighted by molar-refractivity contribution is 5.99. The molecule has 0 aliphatic carbocycles. The highest BCUT2D eigenvalue weighted by Gasteiger charge is 2.36. The Labute approximate surface area is 142 Å². The molecule has 1 saturated heterocycles. The number of carbonyl (C=O) groups is 2. The molecule has 0 N–H and O–H groups in total. The second-order valence-corrected chi connectivity index (χ2v) is 5.81. The van der Waals surface area contributed by atoms with Crippen molar-refractivity contribution in [2.45, 2.75) is 25.8 Å². The highest BCUT2D eigenvalue weighted by atomic mass is 16.6. The van der Waals surface area contributed by atoms with Crippen molar-refractivity contribution in [1.29, 1.82) is 0 Å². The van der Waals surface area contributed by atoms with Crippen molar-refractivity contribution >= 4 is 12.0 Å². The van der Waals surface area contributed by atoms with E-state index in [-0.39, 0.29) is 24.5 Å². The number of allylic oxidation sites excluding steroid dienone is 2. The van der Waals surface area contributed by atoms with Gasteiger partial charge in [-0.15, -0.1) is 0 Å². The summed E-state index contributed by atoms with van der Waals surface area (Å²) in [6.45, 7) is 2.26. The quantitative estimate of drug-likeness (QED) is 0.569. The van der Waals surface area contributed by atoms with E-state index in [1.54, 1.807) is 19.4 Å². The Morgan fingerprint density at radius 2 is 2.17 bits per heavy atom. The van der Waals surface area contributed by atoms with Crippen LogP contribution in [0, 0.1) is 5.92 Å². The van der Waals surface area contributed by atoms with Gasteiger partial charge in [-0.25, -0.2) is 9.69 Å². The van der Waals surface area contributed by atoms with Gasteiger partial charge in [0.1, 0.15) is 6.61 Å². The summed E-state index contributed by atoms with van der Waals surface area (Å²) in [6.07, 6.45) is 7.47. The Bertz CT molecular complexity index is 609. The lowest BCUT2D eigenvalue weighted by molar-refractivity contribution is -0.124. The maximum absolute atomic E-state index is 12.3. The molecule has 2 atom stereocenters. The number of rotatable bonds is 7. The van der Waals surface area contributed by atoms with Gasteiger partial charge in [0, 0.05) is 0 Å². The van der Waals surface area contributed by atoms with Gasteiger partial charge in [-0.3, -0.25) is 4.79 Å². The van der Waals surface area contributed by atoms with Crippen LogP contribution in [0.4, 0.5) is 4.79 Å². The summed E-state index contributed by atoms with van der Waals surface area (Å²) in [4.78, 5) is 25.4. The van der Waals surface area contributed by atoms with E-state index in [9.17, 15) is 9.59 Å². The van der Waals surface area contributed by atoms with Gasteiger partial charge in [0.2, 0.25) is 0 Å². The van der Waals surface area contributed by atoms with Crippen molar-refractivity contribution in [3.05, 3.63) is 60.4 Å². The number of imide groups is 1. The molecule has 5 nitrogen and oxygen atoms in total. The first-order valence-electron chi connectivity index (χ1n) is 8.01. The third kappa shape index (κ3) is 4.98. The molecule has 1 fully saturated rings. The number of amides is 2. The van der Waals surface area contributed by atoms with Crippen LogP contribution in [0.15, 0.2) is 54.8 Å². The van der Waals surface area contributed by atoms with Crippen LogP contribution in [0.2, 0.25) is 0 Å². The van der Waals surface area contributed by atoms with E-state index >= 15 is 0 Å². The average Bonchev–Trinajstić information content (AvgIpc) is 2.94. The van der Waals surface area contributed by atoms with E-state index in [1.807, 2.05) is 43.3 Å². The standard InChI is InChI=1S/C19H23NO4/c1-15(11-12-23-2)7-6-10-18(21)20-17(14-24-19(20)22)13-16-8-4-3-5-9-16/h3-6,8-12,15,17H,7,13-14H2,1-2H3/b10-6+,12-11-/t15-,17-/m0/s1. The SMILES string of the molecule is CO/C=C\[C@@H](C)C/C=C/C(=O)N1C(=O)OC[C@@H]1Cc1ccccc1. The van der Waals surface area contributed by atoms with Crippen molar-refractivity contribution in [1.82, 2.24) is 4.90 Å². The molecule has 0 saturated carbocycles. The van der Waals surface area contributed by atoms with Crippen molar-refractivity contribution in [3.63, 3.8) is 0 Å². The Kier molecular flexibility index (Phi) is 6.61. The van der Waals surface area contributed by atoms with Gasteiger partial charge >= 0.3 is 6.09 Å². The molecule has 2 amide bonds. The number of methoxy groups -OCH3 is 1. The smallest absolute Gasteiger partial charge is 0.417 e. The van der Waals surface area contributed by atoms with Crippen LogP contribution < -0.4 is 0 Å². The molecule has 0 aromatic heterocycles. The molecule has 1 heterocycles. The van der Waals surface area contributed by atoms with E-state index in [0.29, 0.717) is 12.8 Å². The largest absolute Gasteiger partial charge is 0.505 e. The first-order chi connectivity index (χ1) is 11.6. The van der Waals surface area contributed by atoms with Crippen LogP contribution in [-0.2, 0) is 20.7 Å². The minimum atomic E-state index is -0.571. The predicted octanol–water partition coefficient (Wildman–Crippen LogP) is 3.32. The number of nitrogens with zero attached hydrogens (tertiary/aromatic N) is 1. The topological polar surface area (TPSA) is 55.8 Å². The molecular weight excluding hydrogens is 306 g/mol. The summed E-state index contributed by atoms with van der Waals surface area (Å²) in [7, 11) is 1.59. The summed E-state index contributed by atoms with van der Waals surface area (Å²) in [5.41, 5.74) is 1.07. The third-order valence-corrected chi connectivity index (χ3v) is 3.82. The van der Waals surface area contributed by atoms with Crippen molar-refractivity contribution in [3.8, 4) is 0 Å². The van der Waals surface area contributed by atoms with Gasteiger partial charge in [0.25, 0.3) is 5.91 Å². The molecule has 1 aliphatic rings. The molecular formula is C19H23NO4. The number of cyclic esters (lactones) is 1. The van der Waals surface area contributed by atoms with Crippen LogP contribution in [0.5, 0.6) is 0 Å². The fourth-order valence-electron chi connectivity index (χ4n) is 2.52. The van der Waals surface area contributed by atoms with Gasteiger partial charge in [-0.05, 0) is 36.5 Å². The lowest BCUT2D eigenvalue weighted by Crippen LogP contribution is -2.39. The molecule has 1 aliphatic heterocycles. The highest BCUT2D eigenvalue weighted by Crippen LogP contribution is 2.18. The number of hydrogen-bond acceptors (Lipinski definition) is 4. The van der Waals surface area contributed by atoms with E-state index in [0.717, 1.165) is 5.56 Å². The molecule has 128 valence electrons. The van der Waals surface area contributed by atoms with Crippen LogP contribution in [-0.4, -0.2) is 36.7 Å². The predicted molar refractivity (Wildman–Crippen MR) is 91.2 cm³/mol. The van der Waals surface area contributed by atoms with Crippen molar-refractivity contribution in [2.75, 3.05) is 13.7 Å². The van der Waals surface area contributed by atoms with Gasteiger partial charge in [-0.2, -0.15) is 0 Å². The van der Waals surface area contributed by atoms with Crippen LogP contribution >= 0.6 is 0 Å². The zero-order chi connectivity index (χ0) is 17.4. The number of carbonyl (C=O) groups excluding carboxylic acids is 2. The number of hydrogen-bond donors (Lipinski definition) is 0. The minimum Gasteiger partial charge on any atom is -0.505 e. The molecule has 24 heavy (non-hydrogen) atoms. The second-order valence-electron chi connectivity index (χ2n) is 5.81. The monoisotopic (exact) mass is 329 g/mol. The minimum absolute atomic E-state index is 0.236. The zero-order valence-corrected chi connectivity index (χ0v) is 14.1. The van der Waals surface area contributed by atoms with Gasteiger partial charge in [-0.1, -0.05) is 43.3 Å².